The number of aryl methyl sites for hydroxylation is 3. The first-order chi connectivity index (χ1) is 17.4. The number of amides is 1. The molecule has 6 nitrogen and oxygen atoms in total. The van der Waals surface area contributed by atoms with E-state index in [1.165, 1.54) is 23.0 Å². The van der Waals surface area contributed by atoms with Gasteiger partial charge in [0, 0.05) is 31.9 Å². The Morgan fingerprint density at radius 1 is 0.833 bits per heavy atom. The van der Waals surface area contributed by atoms with Gasteiger partial charge in [0.05, 0.1) is 22.3 Å². The number of thioether (sulfide) groups is 1. The molecule has 4 aromatic rings. The largest absolute Gasteiger partial charge is 0.368 e. The normalized spacial score (nSPS) is 13.9. The van der Waals surface area contributed by atoms with Crippen LogP contribution < -0.4 is 10.5 Å². The molecular formula is C29H30N4O2S. The molecule has 0 atom stereocenters. The van der Waals surface area contributed by atoms with Crippen LogP contribution in [-0.2, 0) is 4.79 Å². The zero-order valence-electron chi connectivity index (χ0n) is 20.9. The molecule has 0 radical (unpaired) electrons. The van der Waals surface area contributed by atoms with E-state index in [1.54, 1.807) is 10.6 Å². The lowest BCUT2D eigenvalue weighted by molar-refractivity contribution is -0.128. The minimum atomic E-state index is -0.118. The van der Waals surface area contributed by atoms with Gasteiger partial charge in [-0.15, -0.1) is 0 Å². The summed E-state index contributed by atoms with van der Waals surface area (Å²) in [5, 5.41) is 1.11. The minimum absolute atomic E-state index is 0.0678. The van der Waals surface area contributed by atoms with Gasteiger partial charge in [0.15, 0.2) is 5.16 Å². The van der Waals surface area contributed by atoms with Crippen LogP contribution in [0.4, 0.5) is 5.69 Å². The maximum absolute atomic E-state index is 13.5. The lowest BCUT2D eigenvalue weighted by Crippen LogP contribution is -2.49. The van der Waals surface area contributed by atoms with Crippen molar-refractivity contribution in [3.63, 3.8) is 0 Å². The average molecular weight is 499 g/mol. The summed E-state index contributed by atoms with van der Waals surface area (Å²) in [5.41, 5.74) is 5.89. The summed E-state index contributed by atoms with van der Waals surface area (Å²) < 4.78 is 1.65. The van der Waals surface area contributed by atoms with Crippen LogP contribution in [0, 0.1) is 20.8 Å². The van der Waals surface area contributed by atoms with Crippen molar-refractivity contribution in [3.05, 3.63) is 93.8 Å². The summed E-state index contributed by atoms with van der Waals surface area (Å²) in [6.07, 6.45) is 0. The number of nitrogens with zero attached hydrogens (tertiary/aromatic N) is 4. The number of para-hydroxylation sites is 1. The summed E-state index contributed by atoms with van der Waals surface area (Å²) >= 11 is 1.33. The molecule has 1 aliphatic rings. The van der Waals surface area contributed by atoms with Crippen molar-refractivity contribution < 1.29 is 4.79 Å². The third-order valence-corrected chi connectivity index (χ3v) is 7.46. The quantitative estimate of drug-likeness (QED) is 0.294. The maximum atomic E-state index is 13.5. The minimum Gasteiger partial charge on any atom is -0.368 e. The van der Waals surface area contributed by atoms with Crippen molar-refractivity contribution in [1.82, 2.24) is 14.5 Å². The summed E-state index contributed by atoms with van der Waals surface area (Å²) in [4.78, 5) is 35.7. The molecule has 2 heterocycles. The van der Waals surface area contributed by atoms with E-state index < -0.39 is 0 Å². The van der Waals surface area contributed by atoms with E-state index in [2.05, 4.69) is 42.2 Å². The molecular weight excluding hydrogens is 468 g/mol. The maximum Gasteiger partial charge on any atom is 0.266 e. The first-order valence-corrected chi connectivity index (χ1v) is 13.2. The Labute approximate surface area is 215 Å². The number of piperazine rings is 1. The van der Waals surface area contributed by atoms with Crippen molar-refractivity contribution in [3.8, 4) is 5.69 Å². The van der Waals surface area contributed by atoms with Crippen LogP contribution in [0.15, 0.2) is 76.7 Å². The summed E-state index contributed by atoms with van der Waals surface area (Å²) in [6.45, 7) is 9.11. The second-order valence-corrected chi connectivity index (χ2v) is 10.3. The highest BCUT2D eigenvalue weighted by Crippen LogP contribution is 2.24. The van der Waals surface area contributed by atoms with Crippen molar-refractivity contribution in [2.24, 2.45) is 0 Å². The molecule has 0 bridgehead atoms. The van der Waals surface area contributed by atoms with Crippen LogP contribution in [0.5, 0.6) is 0 Å². The van der Waals surface area contributed by atoms with Crippen LogP contribution in [0.3, 0.4) is 0 Å². The van der Waals surface area contributed by atoms with Crippen LogP contribution in [0.2, 0.25) is 0 Å². The molecule has 0 aliphatic carbocycles. The fraction of sp³-hybridized carbons (Fsp3) is 0.276. The van der Waals surface area contributed by atoms with Gasteiger partial charge in [-0.25, -0.2) is 4.98 Å². The Balaban J connectivity index is 1.36. The van der Waals surface area contributed by atoms with Gasteiger partial charge in [0.1, 0.15) is 0 Å². The van der Waals surface area contributed by atoms with Gasteiger partial charge in [0.25, 0.3) is 5.56 Å². The molecule has 1 aromatic heterocycles. The zero-order chi connectivity index (χ0) is 25.2. The summed E-state index contributed by atoms with van der Waals surface area (Å²) in [7, 11) is 0. The second kappa shape index (κ2) is 10.2. The molecule has 1 aliphatic heterocycles. The Morgan fingerprint density at radius 2 is 1.53 bits per heavy atom. The van der Waals surface area contributed by atoms with Crippen LogP contribution >= 0.6 is 11.8 Å². The van der Waals surface area contributed by atoms with E-state index in [9.17, 15) is 9.59 Å². The lowest BCUT2D eigenvalue weighted by atomic mass is 10.1. The molecule has 1 fully saturated rings. The van der Waals surface area contributed by atoms with Crippen molar-refractivity contribution in [2.75, 3.05) is 36.8 Å². The highest BCUT2D eigenvalue weighted by atomic mass is 32.2. The van der Waals surface area contributed by atoms with E-state index in [1.807, 2.05) is 49.1 Å². The van der Waals surface area contributed by atoms with Crippen LogP contribution in [0.25, 0.3) is 16.6 Å². The molecule has 36 heavy (non-hydrogen) atoms. The molecule has 7 heteroatoms. The monoisotopic (exact) mass is 498 g/mol. The fourth-order valence-electron chi connectivity index (χ4n) is 4.77. The zero-order valence-corrected chi connectivity index (χ0v) is 21.7. The third kappa shape index (κ3) is 5.02. The first-order valence-electron chi connectivity index (χ1n) is 12.2. The lowest BCUT2D eigenvalue weighted by Gasteiger charge is -2.36. The van der Waals surface area contributed by atoms with E-state index in [0.717, 1.165) is 29.9 Å². The van der Waals surface area contributed by atoms with Gasteiger partial charge < -0.3 is 9.80 Å². The molecule has 1 amide bonds. The Morgan fingerprint density at radius 3 is 2.25 bits per heavy atom. The van der Waals surface area contributed by atoms with E-state index in [-0.39, 0.29) is 17.2 Å². The molecule has 0 saturated carbocycles. The molecule has 3 aromatic carbocycles. The number of benzene rings is 3. The van der Waals surface area contributed by atoms with Gasteiger partial charge in [-0.2, -0.15) is 0 Å². The Hall–Kier alpha value is -3.58. The SMILES string of the molecule is Cc1cccc(N2CCN(C(=O)CSc3nc4ccccc4c(=O)n3-c3cc(C)cc(C)c3)CC2)c1. The van der Waals surface area contributed by atoms with Gasteiger partial charge >= 0.3 is 0 Å². The van der Waals surface area contributed by atoms with Gasteiger partial charge in [-0.1, -0.05) is 42.1 Å². The number of fused-ring (bicyclic) bond motifs is 1. The predicted molar refractivity (Wildman–Crippen MR) is 148 cm³/mol. The number of aromatic nitrogens is 2. The Kier molecular flexibility index (Phi) is 6.83. The fourth-order valence-corrected chi connectivity index (χ4v) is 5.69. The van der Waals surface area contributed by atoms with Crippen molar-refractivity contribution in [2.45, 2.75) is 25.9 Å². The standard InChI is InChI=1S/C29H30N4O2S/c1-20-7-6-8-23(16-20)31-11-13-32(14-12-31)27(34)19-36-29-30-26-10-5-4-9-25(26)28(35)33(29)24-17-21(2)15-22(3)18-24/h4-10,15-18H,11-14,19H2,1-3H3. The summed E-state index contributed by atoms with van der Waals surface area (Å²) in [6, 6.07) is 21.9. The van der Waals surface area contributed by atoms with Crippen molar-refractivity contribution in [1.29, 1.82) is 0 Å². The van der Waals surface area contributed by atoms with E-state index >= 15 is 0 Å². The molecule has 5 rings (SSSR count). The Bertz CT molecular complexity index is 1470. The molecule has 0 spiro atoms. The van der Waals surface area contributed by atoms with Crippen LogP contribution in [0.1, 0.15) is 16.7 Å². The molecule has 184 valence electrons. The number of hydrogen-bond donors (Lipinski definition) is 0. The number of carbonyl (C=O) groups excluding carboxylic acids is 1. The smallest absolute Gasteiger partial charge is 0.266 e. The molecule has 1 saturated heterocycles. The first kappa shape index (κ1) is 24.1. The predicted octanol–water partition coefficient (Wildman–Crippen LogP) is 4.75. The van der Waals surface area contributed by atoms with Crippen molar-refractivity contribution >= 4 is 34.3 Å². The summed E-state index contributed by atoms with van der Waals surface area (Å²) in [5.74, 6) is 0.304. The topological polar surface area (TPSA) is 58.4 Å². The molecule has 0 N–H and O–H groups in total. The number of carbonyl (C=O) groups is 1. The number of anilines is 1. The van der Waals surface area contributed by atoms with E-state index in [4.69, 9.17) is 4.98 Å². The number of hydrogen-bond acceptors (Lipinski definition) is 5. The highest BCUT2D eigenvalue weighted by Gasteiger charge is 2.23. The van der Waals surface area contributed by atoms with Gasteiger partial charge in [-0.3, -0.25) is 14.2 Å². The van der Waals surface area contributed by atoms with E-state index in [0.29, 0.717) is 29.1 Å². The molecule has 0 unspecified atom stereocenters. The average Bonchev–Trinajstić information content (AvgIpc) is 2.87. The van der Waals surface area contributed by atoms with Crippen LogP contribution in [-0.4, -0.2) is 52.3 Å². The second-order valence-electron chi connectivity index (χ2n) is 9.39. The van der Waals surface area contributed by atoms with Gasteiger partial charge in [-0.05, 0) is 73.9 Å². The number of rotatable bonds is 5. The third-order valence-electron chi connectivity index (χ3n) is 6.53. The van der Waals surface area contributed by atoms with Gasteiger partial charge in [0.2, 0.25) is 5.91 Å². The highest BCUT2D eigenvalue weighted by molar-refractivity contribution is 7.99.